The lowest BCUT2D eigenvalue weighted by molar-refractivity contribution is 0.301. The van der Waals surface area contributed by atoms with Crippen molar-refractivity contribution in [2.24, 2.45) is 4.99 Å². The van der Waals surface area contributed by atoms with Gasteiger partial charge in [0, 0.05) is 43.9 Å². The minimum atomic E-state index is 0.378. The van der Waals surface area contributed by atoms with E-state index < -0.39 is 0 Å². The third kappa shape index (κ3) is 3.19. The van der Waals surface area contributed by atoms with Crippen LogP contribution in [0.2, 0.25) is 0 Å². The van der Waals surface area contributed by atoms with Crippen LogP contribution in [0.5, 0.6) is 11.5 Å². The number of nitrogens with zero attached hydrogens (tertiary/aromatic N) is 4. The summed E-state index contributed by atoms with van der Waals surface area (Å²) in [7, 11) is 1.62. The number of hydrogen-bond donors (Lipinski definition) is 0. The first kappa shape index (κ1) is 16.8. The first-order chi connectivity index (χ1) is 13.8. The topological polar surface area (TPSA) is 73.0 Å². The van der Waals surface area contributed by atoms with Gasteiger partial charge >= 0.3 is 0 Å². The lowest BCUT2D eigenvalue weighted by Gasteiger charge is -2.25. The number of benzene rings is 1. The summed E-state index contributed by atoms with van der Waals surface area (Å²) in [4.78, 5) is 15.6. The molecule has 2 aliphatic heterocycles. The Labute approximate surface area is 162 Å². The molecule has 142 valence electrons. The van der Waals surface area contributed by atoms with Crippen molar-refractivity contribution < 1.29 is 13.9 Å². The third-order valence-electron chi connectivity index (χ3n) is 5.03. The summed E-state index contributed by atoms with van der Waals surface area (Å²) in [6.07, 6.45) is 5.54. The monoisotopic (exact) mass is 376 g/mol. The van der Waals surface area contributed by atoms with Gasteiger partial charge in [0.2, 0.25) is 0 Å². The molecular formula is C21H20N4O3. The predicted octanol–water partition coefficient (Wildman–Crippen LogP) is 3.75. The summed E-state index contributed by atoms with van der Waals surface area (Å²) in [6, 6.07) is 10.1. The summed E-state index contributed by atoms with van der Waals surface area (Å²) in [5, 5.41) is 0. The van der Waals surface area contributed by atoms with Gasteiger partial charge in [-0.1, -0.05) is 0 Å². The fourth-order valence-electron chi connectivity index (χ4n) is 3.48. The molecule has 0 atom stereocenters. The number of aromatic nitrogens is 2. The van der Waals surface area contributed by atoms with E-state index in [1.807, 2.05) is 36.5 Å². The molecule has 0 bridgehead atoms. The van der Waals surface area contributed by atoms with Crippen molar-refractivity contribution in [1.82, 2.24) is 9.97 Å². The molecule has 1 aromatic carbocycles. The van der Waals surface area contributed by atoms with E-state index >= 15 is 0 Å². The highest BCUT2D eigenvalue weighted by molar-refractivity contribution is 5.76. The predicted molar refractivity (Wildman–Crippen MR) is 106 cm³/mol. The van der Waals surface area contributed by atoms with Crippen LogP contribution in [0.15, 0.2) is 57.2 Å². The molecule has 0 amide bonds. The first-order valence-corrected chi connectivity index (χ1v) is 9.29. The Hall–Kier alpha value is -3.35. The van der Waals surface area contributed by atoms with Gasteiger partial charge in [0.1, 0.15) is 23.6 Å². The van der Waals surface area contributed by atoms with Crippen LogP contribution in [0.3, 0.4) is 0 Å². The molecule has 4 heterocycles. The summed E-state index contributed by atoms with van der Waals surface area (Å²) in [6.45, 7) is 2.08. The lowest BCUT2D eigenvalue weighted by atomic mass is 10.1. The summed E-state index contributed by atoms with van der Waals surface area (Å²) in [5.74, 6) is 1.46. The van der Waals surface area contributed by atoms with Crippen LogP contribution < -0.4 is 14.4 Å². The van der Waals surface area contributed by atoms with E-state index in [9.17, 15) is 0 Å². The number of fused-ring (bicyclic) bond motifs is 1. The summed E-state index contributed by atoms with van der Waals surface area (Å²) < 4.78 is 17.0. The van der Waals surface area contributed by atoms with Crippen LogP contribution >= 0.6 is 0 Å². The van der Waals surface area contributed by atoms with Gasteiger partial charge in [0.05, 0.1) is 19.0 Å². The van der Waals surface area contributed by atoms with Crippen molar-refractivity contribution >= 4 is 23.3 Å². The van der Waals surface area contributed by atoms with E-state index in [1.54, 1.807) is 13.3 Å². The number of anilines is 1. The van der Waals surface area contributed by atoms with Crippen LogP contribution in [0.4, 0.5) is 6.01 Å². The molecule has 2 aromatic heterocycles. The Morgan fingerprint density at radius 1 is 1.18 bits per heavy atom. The molecular weight excluding hydrogens is 356 g/mol. The molecule has 0 fully saturated rings. The number of aliphatic imine (C=N–C) groups is 1. The Balaban J connectivity index is 1.29. The molecule has 0 saturated heterocycles. The van der Waals surface area contributed by atoms with Crippen molar-refractivity contribution in [2.75, 3.05) is 25.1 Å². The highest BCUT2D eigenvalue weighted by Crippen LogP contribution is 2.31. The van der Waals surface area contributed by atoms with E-state index in [2.05, 4.69) is 19.9 Å². The molecule has 0 unspecified atom stereocenters. The van der Waals surface area contributed by atoms with Crippen LogP contribution in [0.25, 0.3) is 11.1 Å². The zero-order valence-electron chi connectivity index (χ0n) is 15.6. The number of ether oxygens (including phenoxy) is 2. The standard InChI is InChI=1S/C21H20N4O3/c1-26-17-3-2-15(23-11-17)13-27-16-4-5-20-19(10-16)24-21(28-20)25-9-7-18-14(12-25)6-8-22-18/h2-5,8,10-11H,6-7,9,12-13H2,1H3. The maximum Gasteiger partial charge on any atom is 0.298 e. The largest absolute Gasteiger partial charge is 0.495 e. The number of hydrogen-bond acceptors (Lipinski definition) is 7. The highest BCUT2D eigenvalue weighted by atomic mass is 16.5. The van der Waals surface area contributed by atoms with Crippen LogP contribution in [0.1, 0.15) is 18.5 Å². The second kappa shape index (κ2) is 6.99. The van der Waals surface area contributed by atoms with Gasteiger partial charge in [0.25, 0.3) is 6.01 Å². The van der Waals surface area contributed by atoms with Gasteiger partial charge in [-0.2, -0.15) is 4.98 Å². The average Bonchev–Trinajstić information content (AvgIpc) is 3.38. The zero-order chi connectivity index (χ0) is 18.9. The van der Waals surface area contributed by atoms with Gasteiger partial charge in [-0.05, 0) is 29.8 Å². The first-order valence-electron chi connectivity index (χ1n) is 9.29. The van der Waals surface area contributed by atoms with E-state index in [1.165, 1.54) is 11.3 Å². The second-order valence-electron chi connectivity index (χ2n) is 6.84. The second-order valence-corrected chi connectivity index (χ2v) is 6.84. The number of rotatable bonds is 5. The van der Waals surface area contributed by atoms with Gasteiger partial charge in [-0.25, -0.2) is 0 Å². The van der Waals surface area contributed by atoms with Crippen molar-refractivity contribution in [3.05, 3.63) is 53.5 Å². The average molecular weight is 376 g/mol. The Kier molecular flexibility index (Phi) is 4.20. The fourth-order valence-corrected chi connectivity index (χ4v) is 3.48. The van der Waals surface area contributed by atoms with Gasteiger partial charge in [-0.15, -0.1) is 0 Å². The van der Waals surface area contributed by atoms with Crippen molar-refractivity contribution in [1.29, 1.82) is 0 Å². The molecule has 7 heteroatoms. The molecule has 0 aliphatic carbocycles. The molecule has 7 nitrogen and oxygen atoms in total. The van der Waals surface area contributed by atoms with Gasteiger partial charge in [0.15, 0.2) is 5.58 Å². The third-order valence-corrected chi connectivity index (χ3v) is 5.03. The molecule has 5 rings (SSSR count). The minimum absolute atomic E-state index is 0.378. The van der Waals surface area contributed by atoms with Gasteiger partial charge in [-0.3, -0.25) is 9.98 Å². The van der Waals surface area contributed by atoms with E-state index in [-0.39, 0.29) is 0 Å². The molecule has 3 aromatic rings. The van der Waals surface area contributed by atoms with E-state index in [0.29, 0.717) is 12.6 Å². The lowest BCUT2D eigenvalue weighted by Crippen LogP contribution is -2.30. The number of pyridine rings is 1. The normalized spacial score (nSPS) is 16.0. The quantitative estimate of drug-likeness (QED) is 0.675. The molecule has 0 N–H and O–H groups in total. The summed E-state index contributed by atoms with van der Waals surface area (Å²) >= 11 is 0. The molecule has 0 radical (unpaired) electrons. The molecule has 28 heavy (non-hydrogen) atoms. The Bertz CT molecular complexity index is 1070. The smallest absolute Gasteiger partial charge is 0.298 e. The van der Waals surface area contributed by atoms with E-state index in [4.69, 9.17) is 13.9 Å². The molecule has 0 spiro atoms. The minimum Gasteiger partial charge on any atom is -0.495 e. The number of methoxy groups -OCH3 is 1. The van der Waals surface area contributed by atoms with Crippen molar-refractivity contribution in [2.45, 2.75) is 19.4 Å². The zero-order valence-corrected chi connectivity index (χ0v) is 15.6. The number of oxazole rings is 1. The molecule has 2 aliphatic rings. The van der Waals surface area contributed by atoms with Gasteiger partial charge < -0.3 is 18.8 Å². The SMILES string of the molecule is COc1ccc(COc2ccc3oc(N4CCC5=C(CC=N5)C4)nc3c2)nc1. The fraction of sp³-hybridized carbons (Fsp3) is 0.286. The van der Waals surface area contributed by atoms with Crippen LogP contribution in [0, 0.1) is 0 Å². The van der Waals surface area contributed by atoms with Crippen molar-refractivity contribution in [3.63, 3.8) is 0 Å². The maximum absolute atomic E-state index is 5.97. The Morgan fingerprint density at radius 3 is 2.96 bits per heavy atom. The highest BCUT2D eigenvalue weighted by Gasteiger charge is 2.24. The molecule has 0 saturated carbocycles. The van der Waals surface area contributed by atoms with Crippen LogP contribution in [-0.2, 0) is 6.61 Å². The van der Waals surface area contributed by atoms with E-state index in [0.717, 1.165) is 54.2 Å². The Morgan fingerprint density at radius 2 is 2.11 bits per heavy atom. The van der Waals surface area contributed by atoms with Crippen molar-refractivity contribution in [3.8, 4) is 11.5 Å². The van der Waals surface area contributed by atoms with Crippen LogP contribution in [-0.4, -0.2) is 36.4 Å². The summed E-state index contributed by atoms with van der Waals surface area (Å²) in [5.41, 5.74) is 4.97. The maximum atomic E-state index is 5.97.